The molecular formula is C26H20ClF4N3O2. The number of nitrogens with zero attached hydrogens (tertiary/aromatic N) is 1. The van der Waals surface area contributed by atoms with Gasteiger partial charge in [0, 0.05) is 40.7 Å². The minimum absolute atomic E-state index is 0.143. The predicted molar refractivity (Wildman–Crippen MR) is 128 cm³/mol. The van der Waals surface area contributed by atoms with Crippen molar-refractivity contribution in [2.45, 2.75) is 24.9 Å². The zero-order valence-electron chi connectivity index (χ0n) is 18.9. The highest BCUT2D eigenvalue weighted by molar-refractivity contribution is 6.35. The molecule has 2 aromatic carbocycles. The maximum Gasteiger partial charge on any atom is 0.398 e. The Kier molecular flexibility index (Phi) is 6.12. The average Bonchev–Trinajstić information content (AvgIpc) is 3.45. The number of fused-ring (bicyclic) bond motifs is 2. The van der Waals surface area contributed by atoms with E-state index < -0.39 is 30.4 Å². The Morgan fingerprint density at radius 1 is 1.22 bits per heavy atom. The number of alkyl halides is 3. The molecule has 0 fully saturated rings. The molecule has 36 heavy (non-hydrogen) atoms. The molecule has 0 bridgehead atoms. The number of rotatable bonds is 5. The zero-order chi connectivity index (χ0) is 25.6. The summed E-state index contributed by atoms with van der Waals surface area (Å²) in [5.41, 5.74) is 1.75. The molecule has 5 rings (SSSR count). The summed E-state index contributed by atoms with van der Waals surface area (Å²) >= 11 is 6.20. The highest BCUT2D eigenvalue weighted by Gasteiger charge is 2.43. The van der Waals surface area contributed by atoms with Crippen LogP contribution in [0.2, 0.25) is 5.02 Å². The summed E-state index contributed by atoms with van der Waals surface area (Å²) in [5, 5.41) is 3.34. The van der Waals surface area contributed by atoms with Crippen molar-refractivity contribution in [3.05, 3.63) is 82.4 Å². The van der Waals surface area contributed by atoms with Gasteiger partial charge in [-0.1, -0.05) is 18.5 Å². The molecule has 1 aliphatic rings. The molecule has 4 aromatic rings. The first-order chi connectivity index (χ1) is 17.1. The molecule has 0 radical (unpaired) electrons. The highest BCUT2D eigenvalue weighted by Crippen LogP contribution is 2.44. The fraction of sp³-hybridized carbons (Fsp3) is 0.231. The lowest BCUT2D eigenvalue weighted by Gasteiger charge is -2.22. The molecule has 2 N–H and O–H groups in total. The van der Waals surface area contributed by atoms with Gasteiger partial charge in [-0.2, -0.15) is 13.2 Å². The molecule has 10 heteroatoms. The molecule has 0 saturated carbocycles. The quantitative estimate of drug-likeness (QED) is 0.293. The number of halogens is 5. The number of H-pyrrole nitrogens is 1. The van der Waals surface area contributed by atoms with E-state index in [0.717, 1.165) is 0 Å². The molecule has 2 unspecified atom stereocenters. The maximum atomic E-state index is 14.2. The van der Waals surface area contributed by atoms with E-state index in [0.29, 0.717) is 34.4 Å². The third-order valence-corrected chi connectivity index (χ3v) is 6.54. The molecule has 0 aliphatic carbocycles. The van der Waals surface area contributed by atoms with Crippen LogP contribution in [0.3, 0.4) is 0 Å². The standard InChI is InChI=1S/C26H20ClF4N3O2/c1-13-12-36-24-18(13)10-21(34-23(24)14-2-4-17(28)5-3-14)19(26(29,30)31)11-33-25(35)16-8-15-6-7-32-22(15)20(27)9-16/h2-10,13,19,32H,11-12H2,1H3,(H,33,35). The second-order valence-electron chi connectivity index (χ2n) is 8.74. The molecule has 3 heterocycles. The molecule has 1 aliphatic heterocycles. The summed E-state index contributed by atoms with van der Waals surface area (Å²) in [5.74, 6) is -3.01. The highest BCUT2D eigenvalue weighted by atomic mass is 35.5. The number of ether oxygens (including phenoxy) is 1. The molecule has 0 saturated heterocycles. The third-order valence-electron chi connectivity index (χ3n) is 6.24. The summed E-state index contributed by atoms with van der Waals surface area (Å²) in [6, 6.07) is 11.4. The second kappa shape index (κ2) is 9.13. The van der Waals surface area contributed by atoms with Crippen LogP contribution in [0, 0.1) is 5.82 Å². The van der Waals surface area contributed by atoms with Crippen molar-refractivity contribution in [3.63, 3.8) is 0 Å². The Hall–Kier alpha value is -3.59. The number of aromatic amines is 1. The van der Waals surface area contributed by atoms with Gasteiger partial charge in [0.1, 0.15) is 23.2 Å². The first kappa shape index (κ1) is 24.1. The van der Waals surface area contributed by atoms with E-state index in [2.05, 4.69) is 15.3 Å². The van der Waals surface area contributed by atoms with Gasteiger partial charge >= 0.3 is 6.18 Å². The molecule has 2 atom stereocenters. The number of hydrogen-bond donors (Lipinski definition) is 2. The van der Waals surface area contributed by atoms with Crippen LogP contribution in [0.25, 0.3) is 22.2 Å². The Balaban J connectivity index is 1.49. The largest absolute Gasteiger partial charge is 0.490 e. The van der Waals surface area contributed by atoms with E-state index >= 15 is 0 Å². The maximum absolute atomic E-state index is 14.2. The van der Waals surface area contributed by atoms with Gasteiger partial charge in [0.15, 0.2) is 0 Å². The number of aromatic nitrogens is 2. The Morgan fingerprint density at radius 3 is 2.69 bits per heavy atom. The number of carbonyl (C=O) groups excluding carboxylic acids is 1. The van der Waals surface area contributed by atoms with Crippen molar-refractivity contribution in [1.82, 2.24) is 15.3 Å². The number of pyridine rings is 1. The fourth-order valence-electron chi connectivity index (χ4n) is 4.31. The smallest absolute Gasteiger partial charge is 0.398 e. The van der Waals surface area contributed by atoms with Gasteiger partial charge in [-0.15, -0.1) is 0 Å². The summed E-state index contributed by atoms with van der Waals surface area (Å²) in [4.78, 5) is 20.0. The van der Waals surface area contributed by atoms with E-state index in [4.69, 9.17) is 16.3 Å². The zero-order valence-corrected chi connectivity index (χ0v) is 19.7. The van der Waals surface area contributed by atoms with E-state index in [1.54, 1.807) is 18.3 Å². The van der Waals surface area contributed by atoms with Crippen LogP contribution in [-0.2, 0) is 0 Å². The van der Waals surface area contributed by atoms with Crippen LogP contribution in [0.5, 0.6) is 5.75 Å². The van der Waals surface area contributed by atoms with E-state index in [-0.39, 0.29) is 27.9 Å². The van der Waals surface area contributed by atoms with Crippen LogP contribution in [0.15, 0.2) is 54.7 Å². The van der Waals surface area contributed by atoms with Crippen molar-refractivity contribution >= 4 is 28.4 Å². The molecule has 2 aromatic heterocycles. The monoisotopic (exact) mass is 517 g/mol. The van der Waals surface area contributed by atoms with Gasteiger partial charge in [-0.3, -0.25) is 4.79 Å². The van der Waals surface area contributed by atoms with Gasteiger partial charge in [0.2, 0.25) is 0 Å². The van der Waals surface area contributed by atoms with Crippen LogP contribution < -0.4 is 10.1 Å². The Morgan fingerprint density at radius 2 is 1.97 bits per heavy atom. The summed E-state index contributed by atoms with van der Waals surface area (Å²) in [6.45, 7) is 1.41. The minimum Gasteiger partial charge on any atom is -0.490 e. The molecule has 186 valence electrons. The lowest BCUT2D eigenvalue weighted by molar-refractivity contribution is -0.149. The van der Waals surface area contributed by atoms with E-state index in [1.807, 2.05) is 6.92 Å². The van der Waals surface area contributed by atoms with Gasteiger partial charge in [-0.25, -0.2) is 9.37 Å². The van der Waals surface area contributed by atoms with Gasteiger partial charge in [-0.05, 0) is 48.5 Å². The number of benzene rings is 2. The lowest BCUT2D eigenvalue weighted by atomic mass is 9.95. The van der Waals surface area contributed by atoms with Gasteiger partial charge in [0.25, 0.3) is 5.91 Å². The summed E-state index contributed by atoms with van der Waals surface area (Å²) in [6.07, 6.45) is -3.04. The normalized spacial score (nSPS) is 16.0. The van der Waals surface area contributed by atoms with E-state index in [1.165, 1.54) is 36.4 Å². The van der Waals surface area contributed by atoms with Crippen molar-refractivity contribution in [2.24, 2.45) is 0 Å². The molecule has 0 spiro atoms. The first-order valence-corrected chi connectivity index (χ1v) is 11.5. The Labute approximate surface area is 208 Å². The van der Waals surface area contributed by atoms with Gasteiger partial charge < -0.3 is 15.0 Å². The van der Waals surface area contributed by atoms with Crippen molar-refractivity contribution in [3.8, 4) is 17.0 Å². The van der Waals surface area contributed by atoms with Crippen molar-refractivity contribution in [1.29, 1.82) is 0 Å². The fourth-order valence-corrected chi connectivity index (χ4v) is 4.60. The Bertz CT molecular complexity index is 1450. The SMILES string of the molecule is CC1COc2c1cc(C(CNC(=O)c1cc(Cl)c3[nH]ccc3c1)C(F)(F)F)nc2-c1ccc(F)cc1. The number of carbonyl (C=O) groups is 1. The number of hydrogen-bond acceptors (Lipinski definition) is 3. The predicted octanol–water partition coefficient (Wildman–Crippen LogP) is 6.59. The second-order valence-corrected chi connectivity index (χ2v) is 9.14. The third kappa shape index (κ3) is 4.51. The first-order valence-electron chi connectivity index (χ1n) is 11.2. The molecule has 1 amide bonds. The number of nitrogens with one attached hydrogen (secondary N) is 2. The van der Waals surface area contributed by atoms with Crippen molar-refractivity contribution < 1.29 is 27.1 Å². The minimum atomic E-state index is -4.69. The summed E-state index contributed by atoms with van der Waals surface area (Å²) < 4.78 is 61.9. The topological polar surface area (TPSA) is 67.0 Å². The van der Waals surface area contributed by atoms with E-state index in [9.17, 15) is 22.4 Å². The van der Waals surface area contributed by atoms with Crippen LogP contribution in [-0.4, -0.2) is 35.2 Å². The van der Waals surface area contributed by atoms with Crippen LogP contribution >= 0.6 is 11.6 Å². The van der Waals surface area contributed by atoms with Crippen LogP contribution in [0.1, 0.15) is 40.4 Å². The number of amides is 1. The lowest BCUT2D eigenvalue weighted by Crippen LogP contribution is -2.35. The molecule has 5 nitrogen and oxygen atoms in total. The van der Waals surface area contributed by atoms with Crippen molar-refractivity contribution in [2.75, 3.05) is 13.2 Å². The van der Waals surface area contributed by atoms with Crippen LogP contribution in [0.4, 0.5) is 17.6 Å². The average molecular weight is 518 g/mol. The molecular weight excluding hydrogens is 498 g/mol. The van der Waals surface area contributed by atoms with Gasteiger partial charge in [0.05, 0.1) is 22.8 Å². The summed E-state index contributed by atoms with van der Waals surface area (Å²) in [7, 11) is 0.